The largest absolute Gasteiger partial charge is 0.370 e. The number of hydrogen-bond donors (Lipinski definition) is 1. The highest BCUT2D eigenvalue weighted by molar-refractivity contribution is 5.95. The summed E-state index contributed by atoms with van der Waals surface area (Å²) in [5.41, 5.74) is 7.54. The van der Waals surface area contributed by atoms with Gasteiger partial charge in [-0.05, 0) is 32.5 Å². The Hall–Kier alpha value is -1.39. The van der Waals surface area contributed by atoms with Gasteiger partial charge in [0.15, 0.2) is 5.78 Å². The predicted octanol–water partition coefficient (Wildman–Crippen LogP) is 1.36. The van der Waals surface area contributed by atoms with Gasteiger partial charge in [-0.3, -0.25) is 4.79 Å². The summed E-state index contributed by atoms with van der Waals surface area (Å²) in [6.45, 7) is 5.30. The molecule has 4 heteroatoms. The molecule has 0 aromatic heterocycles. The zero-order valence-corrected chi connectivity index (χ0v) is 11.8. The number of benzene rings is 1. The molecule has 2 N–H and O–H groups in total. The van der Waals surface area contributed by atoms with Gasteiger partial charge in [0.2, 0.25) is 0 Å². The minimum atomic E-state index is 0.123. The first-order valence-electron chi connectivity index (χ1n) is 6.88. The standard InChI is InChI=1S/C15H23N3O/c1-12(19)13-4-3-5-14(10-13)18-8-6-15(11-18)17(2)9-7-16/h3-5,10,15H,6-9,11,16H2,1-2H3. The Morgan fingerprint density at radius 1 is 1.53 bits per heavy atom. The molecule has 0 radical (unpaired) electrons. The average molecular weight is 261 g/mol. The fraction of sp³-hybridized carbons (Fsp3) is 0.533. The van der Waals surface area contributed by atoms with Crippen molar-refractivity contribution in [2.24, 2.45) is 5.73 Å². The van der Waals surface area contributed by atoms with Gasteiger partial charge in [0.1, 0.15) is 0 Å². The van der Waals surface area contributed by atoms with E-state index in [2.05, 4.69) is 22.9 Å². The lowest BCUT2D eigenvalue weighted by Gasteiger charge is -2.24. The molecule has 0 bridgehead atoms. The van der Waals surface area contributed by atoms with Gasteiger partial charge < -0.3 is 15.5 Å². The SMILES string of the molecule is CC(=O)c1cccc(N2CCC(N(C)CCN)C2)c1. The molecular formula is C15H23N3O. The second-order valence-electron chi connectivity index (χ2n) is 5.26. The molecule has 0 amide bonds. The summed E-state index contributed by atoms with van der Waals surface area (Å²) in [5, 5.41) is 0. The number of nitrogens with two attached hydrogens (primary N) is 1. The number of Topliss-reactive ketones (excluding diaryl/α,β-unsaturated/α-hetero) is 1. The van der Waals surface area contributed by atoms with Crippen LogP contribution in [-0.2, 0) is 0 Å². The molecule has 0 spiro atoms. The van der Waals surface area contributed by atoms with E-state index < -0.39 is 0 Å². The number of likely N-dealkylation sites (N-methyl/N-ethyl adjacent to an activating group) is 1. The van der Waals surface area contributed by atoms with Crippen molar-refractivity contribution < 1.29 is 4.79 Å². The van der Waals surface area contributed by atoms with E-state index in [9.17, 15) is 4.79 Å². The van der Waals surface area contributed by atoms with Gasteiger partial charge in [-0.1, -0.05) is 12.1 Å². The molecule has 1 saturated heterocycles. The minimum absolute atomic E-state index is 0.123. The lowest BCUT2D eigenvalue weighted by Crippen LogP contribution is -2.37. The van der Waals surface area contributed by atoms with Crippen LogP contribution in [0.2, 0.25) is 0 Å². The van der Waals surface area contributed by atoms with Crippen LogP contribution in [0.15, 0.2) is 24.3 Å². The number of anilines is 1. The van der Waals surface area contributed by atoms with Gasteiger partial charge in [-0.25, -0.2) is 0 Å². The summed E-state index contributed by atoms with van der Waals surface area (Å²) in [5.74, 6) is 0.123. The summed E-state index contributed by atoms with van der Waals surface area (Å²) in [4.78, 5) is 16.1. The van der Waals surface area contributed by atoms with Crippen molar-refractivity contribution in [1.82, 2.24) is 4.90 Å². The zero-order valence-electron chi connectivity index (χ0n) is 11.8. The first kappa shape index (κ1) is 14.0. The van der Waals surface area contributed by atoms with E-state index in [0.29, 0.717) is 12.6 Å². The fourth-order valence-corrected chi connectivity index (χ4v) is 2.64. The fourth-order valence-electron chi connectivity index (χ4n) is 2.64. The highest BCUT2D eigenvalue weighted by Gasteiger charge is 2.25. The topological polar surface area (TPSA) is 49.6 Å². The quantitative estimate of drug-likeness (QED) is 0.813. The van der Waals surface area contributed by atoms with E-state index in [1.807, 2.05) is 18.2 Å². The van der Waals surface area contributed by atoms with Crippen LogP contribution in [-0.4, -0.2) is 50.0 Å². The third-order valence-corrected chi connectivity index (χ3v) is 3.89. The maximum Gasteiger partial charge on any atom is 0.159 e. The van der Waals surface area contributed by atoms with Gasteiger partial charge >= 0.3 is 0 Å². The van der Waals surface area contributed by atoms with E-state index >= 15 is 0 Å². The van der Waals surface area contributed by atoms with Gasteiger partial charge in [0.25, 0.3) is 0 Å². The molecule has 19 heavy (non-hydrogen) atoms. The van der Waals surface area contributed by atoms with E-state index in [4.69, 9.17) is 5.73 Å². The first-order valence-corrected chi connectivity index (χ1v) is 6.88. The first-order chi connectivity index (χ1) is 9.11. The summed E-state index contributed by atoms with van der Waals surface area (Å²) in [7, 11) is 2.13. The molecule has 1 unspecified atom stereocenters. The molecule has 1 aromatic carbocycles. The normalized spacial score (nSPS) is 19.2. The number of rotatable bonds is 5. The monoisotopic (exact) mass is 261 g/mol. The molecule has 4 nitrogen and oxygen atoms in total. The second-order valence-corrected chi connectivity index (χ2v) is 5.26. The molecule has 1 aliphatic heterocycles. The van der Waals surface area contributed by atoms with Crippen molar-refractivity contribution in [2.75, 3.05) is 38.1 Å². The maximum absolute atomic E-state index is 11.4. The van der Waals surface area contributed by atoms with Crippen LogP contribution in [0.5, 0.6) is 0 Å². The van der Waals surface area contributed by atoms with Crippen LogP contribution in [0.4, 0.5) is 5.69 Å². The van der Waals surface area contributed by atoms with Gasteiger partial charge in [-0.15, -0.1) is 0 Å². The summed E-state index contributed by atoms with van der Waals surface area (Å²) >= 11 is 0. The molecular weight excluding hydrogens is 238 g/mol. The predicted molar refractivity (Wildman–Crippen MR) is 78.7 cm³/mol. The smallest absolute Gasteiger partial charge is 0.159 e. The van der Waals surface area contributed by atoms with Crippen molar-refractivity contribution in [2.45, 2.75) is 19.4 Å². The van der Waals surface area contributed by atoms with Crippen molar-refractivity contribution >= 4 is 11.5 Å². The summed E-state index contributed by atoms with van der Waals surface area (Å²) in [6, 6.07) is 8.47. The molecule has 1 heterocycles. The van der Waals surface area contributed by atoms with E-state index in [-0.39, 0.29) is 5.78 Å². The van der Waals surface area contributed by atoms with Gasteiger partial charge in [-0.2, -0.15) is 0 Å². The van der Waals surface area contributed by atoms with Crippen LogP contribution in [0.1, 0.15) is 23.7 Å². The number of carbonyl (C=O) groups excluding carboxylic acids is 1. The van der Waals surface area contributed by atoms with Crippen molar-refractivity contribution in [1.29, 1.82) is 0 Å². The molecule has 104 valence electrons. The van der Waals surface area contributed by atoms with Crippen LogP contribution in [0.3, 0.4) is 0 Å². The number of ketones is 1. The van der Waals surface area contributed by atoms with E-state index in [1.165, 1.54) is 0 Å². The Labute approximate surface area is 115 Å². The maximum atomic E-state index is 11.4. The molecule has 1 aliphatic rings. The molecule has 0 aliphatic carbocycles. The Morgan fingerprint density at radius 3 is 3.00 bits per heavy atom. The third-order valence-electron chi connectivity index (χ3n) is 3.89. The van der Waals surface area contributed by atoms with E-state index in [0.717, 1.165) is 37.3 Å². The number of hydrogen-bond acceptors (Lipinski definition) is 4. The number of nitrogens with zero attached hydrogens (tertiary/aromatic N) is 2. The lowest BCUT2D eigenvalue weighted by atomic mass is 10.1. The number of carbonyl (C=O) groups is 1. The minimum Gasteiger partial charge on any atom is -0.370 e. The molecule has 1 atom stereocenters. The van der Waals surface area contributed by atoms with Crippen molar-refractivity contribution in [3.63, 3.8) is 0 Å². The van der Waals surface area contributed by atoms with Crippen molar-refractivity contribution in [3.8, 4) is 0 Å². The Morgan fingerprint density at radius 2 is 2.32 bits per heavy atom. The Balaban J connectivity index is 2.04. The molecule has 1 aromatic rings. The molecule has 1 fully saturated rings. The van der Waals surface area contributed by atoms with Crippen LogP contribution >= 0.6 is 0 Å². The van der Waals surface area contributed by atoms with Crippen LogP contribution < -0.4 is 10.6 Å². The molecule has 2 rings (SSSR count). The van der Waals surface area contributed by atoms with Crippen molar-refractivity contribution in [3.05, 3.63) is 29.8 Å². The molecule has 0 saturated carbocycles. The highest BCUT2D eigenvalue weighted by Crippen LogP contribution is 2.23. The lowest BCUT2D eigenvalue weighted by molar-refractivity contribution is 0.101. The highest BCUT2D eigenvalue weighted by atomic mass is 16.1. The van der Waals surface area contributed by atoms with Crippen LogP contribution in [0, 0.1) is 0 Å². The van der Waals surface area contributed by atoms with E-state index in [1.54, 1.807) is 6.92 Å². The Bertz CT molecular complexity index is 447. The van der Waals surface area contributed by atoms with Crippen LogP contribution in [0.25, 0.3) is 0 Å². The summed E-state index contributed by atoms with van der Waals surface area (Å²) in [6.07, 6.45) is 1.15. The summed E-state index contributed by atoms with van der Waals surface area (Å²) < 4.78 is 0. The average Bonchev–Trinajstić information content (AvgIpc) is 2.89. The van der Waals surface area contributed by atoms with Gasteiger partial charge in [0.05, 0.1) is 0 Å². The Kier molecular flexibility index (Phi) is 4.56. The second kappa shape index (κ2) is 6.17. The third kappa shape index (κ3) is 3.33. The van der Waals surface area contributed by atoms with Gasteiger partial charge in [0, 0.05) is 43.5 Å². The zero-order chi connectivity index (χ0) is 13.8.